The highest BCUT2D eigenvalue weighted by Crippen LogP contribution is 2.24. The first-order valence-corrected chi connectivity index (χ1v) is 5.40. The summed E-state index contributed by atoms with van der Waals surface area (Å²) in [6.07, 6.45) is 6.44. The Labute approximate surface area is 91.2 Å². The molecule has 0 aromatic rings. The largest absolute Gasteiger partial charge is 0.469 e. The number of aldehydes is 1. The molecule has 4 nitrogen and oxygen atoms in total. The lowest BCUT2D eigenvalue weighted by Gasteiger charge is -2.18. The Bertz CT molecular complexity index is 186. The Morgan fingerprint density at radius 2 is 1.87 bits per heavy atom. The quantitative estimate of drug-likeness (QED) is 0.556. The third-order valence-electron chi connectivity index (χ3n) is 2.35. The van der Waals surface area contributed by atoms with Crippen LogP contribution in [-0.4, -0.2) is 25.4 Å². The molecule has 4 heteroatoms. The molecule has 0 radical (unpaired) electrons. The number of hydrogen-bond donors (Lipinski definition) is 1. The lowest BCUT2D eigenvalue weighted by atomic mass is 9.89. The number of rotatable bonds is 2. The van der Waals surface area contributed by atoms with Gasteiger partial charge >= 0.3 is 5.97 Å². The van der Waals surface area contributed by atoms with Gasteiger partial charge in [0.1, 0.15) is 6.29 Å². The Balaban J connectivity index is 0.000000336. The molecule has 1 saturated carbocycles. The molecule has 0 aromatic carbocycles. The maximum atomic E-state index is 10.9. The third-order valence-corrected chi connectivity index (χ3v) is 2.35. The molecule has 1 aliphatic rings. The first-order chi connectivity index (χ1) is 7.11. The van der Waals surface area contributed by atoms with Crippen LogP contribution in [0.3, 0.4) is 0 Å². The van der Waals surface area contributed by atoms with E-state index in [4.69, 9.17) is 5.73 Å². The van der Waals surface area contributed by atoms with E-state index in [-0.39, 0.29) is 17.9 Å². The van der Waals surface area contributed by atoms with Gasteiger partial charge in [0.2, 0.25) is 0 Å². The molecule has 2 N–H and O–H groups in total. The van der Waals surface area contributed by atoms with Gasteiger partial charge in [0, 0.05) is 0 Å². The normalized spacial score (nSPS) is 18.3. The van der Waals surface area contributed by atoms with Crippen molar-refractivity contribution in [1.29, 1.82) is 0 Å². The van der Waals surface area contributed by atoms with Crippen LogP contribution >= 0.6 is 0 Å². The Morgan fingerprint density at radius 3 is 2.20 bits per heavy atom. The van der Waals surface area contributed by atoms with E-state index in [1.807, 2.05) is 0 Å². The molecule has 1 aliphatic carbocycles. The van der Waals surface area contributed by atoms with Gasteiger partial charge in [-0.3, -0.25) is 4.79 Å². The van der Waals surface area contributed by atoms with Crippen LogP contribution in [0.2, 0.25) is 0 Å². The van der Waals surface area contributed by atoms with Gasteiger partial charge in [-0.2, -0.15) is 0 Å². The van der Waals surface area contributed by atoms with Gasteiger partial charge in [0.15, 0.2) is 0 Å². The van der Waals surface area contributed by atoms with E-state index >= 15 is 0 Å². The maximum absolute atomic E-state index is 10.9. The molecule has 0 heterocycles. The summed E-state index contributed by atoms with van der Waals surface area (Å²) in [5.41, 5.74) is 4.92. The van der Waals surface area contributed by atoms with Crippen molar-refractivity contribution in [2.45, 2.75) is 45.1 Å². The van der Waals surface area contributed by atoms with Crippen LogP contribution in [0.4, 0.5) is 0 Å². The summed E-state index contributed by atoms with van der Waals surface area (Å²) in [7, 11) is 1.47. The molecule has 0 aliphatic heterocycles. The zero-order valence-electron chi connectivity index (χ0n) is 9.57. The third kappa shape index (κ3) is 7.08. The predicted octanol–water partition coefficient (Wildman–Crippen LogP) is 1.27. The Kier molecular flexibility index (Phi) is 7.91. The monoisotopic (exact) mass is 215 g/mol. The summed E-state index contributed by atoms with van der Waals surface area (Å²) in [5.74, 6) is 0.193. The summed E-state index contributed by atoms with van der Waals surface area (Å²) in [6.45, 7) is 1.63. The van der Waals surface area contributed by atoms with Crippen LogP contribution < -0.4 is 5.73 Å². The molecule has 0 saturated heterocycles. The fourth-order valence-electron chi connectivity index (χ4n) is 1.50. The van der Waals surface area contributed by atoms with Crippen molar-refractivity contribution in [1.82, 2.24) is 0 Å². The van der Waals surface area contributed by atoms with Gasteiger partial charge in [0.05, 0.1) is 19.1 Å². The fraction of sp³-hybridized carbons (Fsp3) is 0.818. The fourth-order valence-corrected chi connectivity index (χ4v) is 1.50. The minimum Gasteiger partial charge on any atom is -0.469 e. The lowest BCUT2D eigenvalue weighted by Crippen LogP contribution is -2.18. The Hall–Kier alpha value is -0.900. The van der Waals surface area contributed by atoms with Crippen LogP contribution in [0.5, 0.6) is 0 Å². The molecule has 1 atom stereocenters. The second kappa shape index (κ2) is 8.41. The average molecular weight is 215 g/mol. The lowest BCUT2D eigenvalue weighted by molar-refractivity contribution is -0.146. The number of carbonyl (C=O) groups is 2. The number of carbonyl (C=O) groups excluding carboxylic acids is 2. The first kappa shape index (κ1) is 14.1. The predicted molar refractivity (Wildman–Crippen MR) is 58.3 cm³/mol. The van der Waals surface area contributed by atoms with Crippen molar-refractivity contribution in [2.75, 3.05) is 7.11 Å². The first-order valence-electron chi connectivity index (χ1n) is 5.40. The summed E-state index contributed by atoms with van der Waals surface area (Å²) in [6, 6.07) is -0.296. The standard InChI is InChI=1S/C8H14O2.C3H7NO/c1-10-8(9)7-5-3-2-4-6-7;1-3(4)2-5/h7H,2-6H2,1H3;2-3H,4H2,1H3. The molecular formula is C11H21NO3. The Morgan fingerprint density at radius 1 is 1.40 bits per heavy atom. The van der Waals surface area contributed by atoms with Crippen LogP contribution in [-0.2, 0) is 14.3 Å². The highest BCUT2D eigenvalue weighted by molar-refractivity contribution is 5.72. The molecule has 0 bridgehead atoms. The highest BCUT2D eigenvalue weighted by atomic mass is 16.5. The number of hydrogen-bond acceptors (Lipinski definition) is 4. The van der Waals surface area contributed by atoms with Gasteiger partial charge in [-0.05, 0) is 19.8 Å². The topological polar surface area (TPSA) is 69.4 Å². The van der Waals surface area contributed by atoms with Crippen molar-refractivity contribution in [3.05, 3.63) is 0 Å². The molecule has 0 aromatic heterocycles. The minimum atomic E-state index is -0.296. The summed E-state index contributed by atoms with van der Waals surface area (Å²) in [4.78, 5) is 20.3. The zero-order chi connectivity index (χ0) is 11.7. The van der Waals surface area contributed by atoms with Crippen molar-refractivity contribution in [3.63, 3.8) is 0 Å². The summed E-state index contributed by atoms with van der Waals surface area (Å²) >= 11 is 0. The van der Waals surface area contributed by atoms with E-state index in [0.29, 0.717) is 6.29 Å². The van der Waals surface area contributed by atoms with Gasteiger partial charge in [0.25, 0.3) is 0 Å². The number of methoxy groups -OCH3 is 1. The van der Waals surface area contributed by atoms with Crippen LogP contribution in [0.25, 0.3) is 0 Å². The molecule has 1 fully saturated rings. The van der Waals surface area contributed by atoms with Crippen LogP contribution in [0.15, 0.2) is 0 Å². The van der Waals surface area contributed by atoms with E-state index in [2.05, 4.69) is 4.74 Å². The van der Waals surface area contributed by atoms with Crippen molar-refractivity contribution < 1.29 is 14.3 Å². The van der Waals surface area contributed by atoms with Crippen molar-refractivity contribution >= 4 is 12.3 Å². The molecule has 1 rings (SSSR count). The van der Waals surface area contributed by atoms with Gasteiger partial charge in [-0.1, -0.05) is 19.3 Å². The molecule has 1 unspecified atom stereocenters. The van der Waals surface area contributed by atoms with Crippen molar-refractivity contribution in [2.24, 2.45) is 11.7 Å². The van der Waals surface area contributed by atoms with E-state index in [9.17, 15) is 9.59 Å². The van der Waals surface area contributed by atoms with E-state index in [1.54, 1.807) is 6.92 Å². The smallest absolute Gasteiger partial charge is 0.308 e. The van der Waals surface area contributed by atoms with Gasteiger partial charge in [-0.15, -0.1) is 0 Å². The SMILES string of the molecule is CC(N)C=O.COC(=O)C1CCCCC1. The van der Waals surface area contributed by atoms with Crippen LogP contribution in [0.1, 0.15) is 39.0 Å². The molecular weight excluding hydrogens is 194 g/mol. The van der Waals surface area contributed by atoms with E-state index in [1.165, 1.54) is 26.4 Å². The molecule has 15 heavy (non-hydrogen) atoms. The number of ether oxygens (including phenoxy) is 1. The second-order valence-electron chi connectivity index (χ2n) is 3.85. The van der Waals surface area contributed by atoms with Crippen molar-refractivity contribution in [3.8, 4) is 0 Å². The highest BCUT2D eigenvalue weighted by Gasteiger charge is 2.20. The van der Waals surface area contributed by atoms with Crippen LogP contribution in [0, 0.1) is 5.92 Å². The average Bonchev–Trinajstić information content (AvgIpc) is 2.30. The minimum absolute atomic E-state index is 0.0142. The van der Waals surface area contributed by atoms with E-state index < -0.39 is 0 Å². The zero-order valence-corrected chi connectivity index (χ0v) is 9.57. The summed E-state index contributed by atoms with van der Waals surface area (Å²) in [5, 5.41) is 0. The van der Waals surface area contributed by atoms with Gasteiger partial charge < -0.3 is 15.3 Å². The number of nitrogens with two attached hydrogens (primary N) is 1. The molecule has 88 valence electrons. The molecule has 0 spiro atoms. The van der Waals surface area contributed by atoms with Gasteiger partial charge in [-0.25, -0.2) is 0 Å². The maximum Gasteiger partial charge on any atom is 0.308 e. The van der Waals surface area contributed by atoms with E-state index in [0.717, 1.165) is 12.8 Å². The summed E-state index contributed by atoms with van der Waals surface area (Å²) < 4.78 is 4.65. The number of esters is 1. The second-order valence-corrected chi connectivity index (χ2v) is 3.85. The molecule has 0 amide bonds.